The molecule has 0 spiro atoms. The van der Waals surface area contributed by atoms with Crippen molar-refractivity contribution in [3.63, 3.8) is 0 Å². The summed E-state index contributed by atoms with van der Waals surface area (Å²) < 4.78 is 11.2. The van der Waals surface area contributed by atoms with Crippen molar-refractivity contribution >= 4 is 5.91 Å². The second kappa shape index (κ2) is 7.77. The SMILES string of the molecule is COc1cc2c(cc1OC)C1c3cccc(C)c3C(=O)N(Cc3ccccc3)C1CC2. The first-order valence-corrected chi connectivity index (χ1v) is 10.8. The highest BCUT2D eigenvalue weighted by Crippen LogP contribution is 2.48. The average Bonchev–Trinajstić information content (AvgIpc) is 2.80. The Balaban J connectivity index is 1.68. The van der Waals surface area contributed by atoms with Crippen LogP contribution in [0, 0.1) is 6.92 Å². The second-order valence-corrected chi connectivity index (χ2v) is 8.45. The normalized spacial score (nSPS) is 19.3. The molecule has 0 aromatic heterocycles. The van der Waals surface area contributed by atoms with Crippen LogP contribution in [-0.4, -0.2) is 31.1 Å². The van der Waals surface area contributed by atoms with Crippen molar-refractivity contribution in [3.8, 4) is 11.5 Å². The molecule has 3 aromatic rings. The fraction of sp³-hybridized carbons (Fsp3) is 0.296. The van der Waals surface area contributed by atoms with Crippen molar-refractivity contribution in [2.24, 2.45) is 0 Å². The molecule has 2 atom stereocenters. The molecule has 3 aromatic carbocycles. The van der Waals surface area contributed by atoms with Crippen molar-refractivity contribution in [2.75, 3.05) is 14.2 Å². The summed E-state index contributed by atoms with van der Waals surface area (Å²) in [5.41, 5.74) is 6.69. The van der Waals surface area contributed by atoms with Crippen molar-refractivity contribution < 1.29 is 14.3 Å². The van der Waals surface area contributed by atoms with Gasteiger partial charge in [0.1, 0.15) is 0 Å². The zero-order valence-electron chi connectivity index (χ0n) is 18.2. The number of fused-ring (bicyclic) bond motifs is 5. The maximum absolute atomic E-state index is 13.7. The van der Waals surface area contributed by atoms with E-state index >= 15 is 0 Å². The molecule has 4 nitrogen and oxygen atoms in total. The van der Waals surface area contributed by atoms with Gasteiger partial charge in [0.05, 0.1) is 14.2 Å². The number of methoxy groups -OCH3 is 2. The Kier molecular flexibility index (Phi) is 4.93. The number of carbonyl (C=O) groups excluding carboxylic acids is 1. The molecule has 5 rings (SSSR count). The summed E-state index contributed by atoms with van der Waals surface area (Å²) in [6, 6.07) is 20.9. The Bertz CT molecular complexity index is 1140. The van der Waals surface area contributed by atoms with E-state index in [-0.39, 0.29) is 17.9 Å². The van der Waals surface area contributed by atoms with Crippen LogP contribution in [0.2, 0.25) is 0 Å². The summed E-state index contributed by atoms with van der Waals surface area (Å²) in [7, 11) is 3.35. The van der Waals surface area contributed by atoms with E-state index in [4.69, 9.17) is 9.47 Å². The van der Waals surface area contributed by atoms with E-state index in [0.717, 1.165) is 46.6 Å². The van der Waals surface area contributed by atoms with E-state index in [1.165, 1.54) is 11.1 Å². The fourth-order valence-corrected chi connectivity index (χ4v) is 5.34. The van der Waals surface area contributed by atoms with Gasteiger partial charge in [-0.05, 0) is 59.7 Å². The largest absolute Gasteiger partial charge is 0.493 e. The lowest BCUT2D eigenvalue weighted by molar-refractivity contribution is 0.0585. The first-order valence-electron chi connectivity index (χ1n) is 10.8. The maximum Gasteiger partial charge on any atom is 0.255 e. The molecule has 0 saturated carbocycles. The Morgan fingerprint density at radius 3 is 2.42 bits per heavy atom. The van der Waals surface area contributed by atoms with Gasteiger partial charge in [-0.3, -0.25) is 4.79 Å². The molecule has 1 aliphatic carbocycles. The van der Waals surface area contributed by atoms with E-state index in [0.29, 0.717) is 6.54 Å². The van der Waals surface area contributed by atoms with Gasteiger partial charge in [0.25, 0.3) is 5.91 Å². The molecule has 158 valence electrons. The van der Waals surface area contributed by atoms with Gasteiger partial charge in [-0.2, -0.15) is 0 Å². The van der Waals surface area contributed by atoms with Crippen LogP contribution in [0.1, 0.15) is 50.5 Å². The number of nitrogens with zero attached hydrogens (tertiary/aromatic N) is 1. The predicted molar refractivity (Wildman–Crippen MR) is 121 cm³/mol. The van der Waals surface area contributed by atoms with Crippen molar-refractivity contribution in [1.29, 1.82) is 0 Å². The van der Waals surface area contributed by atoms with Crippen molar-refractivity contribution in [3.05, 3.63) is 94.0 Å². The van der Waals surface area contributed by atoms with Crippen LogP contribution in [0.3, 0.4) is 0 Å². The lowest BCUT2D eigenvalue weighted by Gasteiger charge is -2.46. The third kappa shape index (κ3) is 3.18. The molecule has 0 N–H and O–H groups in total. The second-order valence-electron chi connectivity index (χ2n) is 8.45. The minimum absolute atomic E-state index is 0.118. The molecule has 0 bridgehead atoms. The van der Waals surface area contributed by atoms with Gasteiger partial charge in [0.15, 0.2) is 11.5 Å². The van der Waals surface area contributed by atoms with Crippen LogP contribution in [0.4, 0.5) is 0 Å². The van der Waals surface area contributed by atoms with Gasteiger partial charge in [0, 0.05) is 24.1 Å². The molecular weight excluding hydrogens is 386 g/mol. The Morgan fingerprint density at radius 1 is 0.935 bits per heavy atom. The zero-order chi connectivity index (χ0) is 21.5. The summed E-state index contributed by atoms with van der Waals surface area (Å²) in [6.45, 7) is 2.66. The molecule has 1 amide bonds. The third-order valence-corrected chi connectivity index (χ3v) is 6.79. The molecule has 31 heavy (non-hydrogen) atoms. The lowest BCUT2D eigenvalue weighted by atomic mass is 9.70. The Hall–Kier alpha value is -3.27. The summed E-state index contributed by atoms with van der Waals surface area (Å²) in [4.78, 5) is 15.8. The molecule has 2 aliphatic rings. The number of ether oxygens (including phenoxy) is 2. The summed E-state index contributed by atoms with van der Waals surface area (Å²) in [5, 5.41) is 0. The molecule has 4 heteroatoms. The van der Waals surface area contributed by atoms with Gasteiger partial charge in [-0.1, -0.05) is 48.5 Å². The van der Waals surface area contributed by atoms with Crippen LogP contribution in [-0.2, 0) is 13.0 Å². The quantitative estimate of drug-likeness (QED) is 0.596. The molecule has 2 unspecified atom stereocenters. The molecular formula is C27H27NO3. The summed E-state index contributed by atoms with van der Waals surface area (Å²) in [6.07, 6.45) is 1.84. The molecule has 0 radical (unpaired) electrons. The standard InChI is InChI=1S/C27H27NO3/c1-17-8-7-11-20-25(17)27(29)28(16-18-9-5-4-6-10-18)22-13-12-19-14-23(30-2)24(31-3)15-21(19)26(20)22/h4-11,14-15,22,26H,12-13,16H2,1-3H3. The molecule has 0 fully saturated rings. The highest BCUT2D eigenvalue weighted by molar-refractivity contribution is 5.99. The highest BCUT2D eigenvalue weighted by atomic mass is 16.5. The van der Waals surface area contributed by atoms with Crippen molar-refractivity contribution in [1.82, 2.24) is 4.90 Å². The van der Waals surface area contributed by atoms with Crippen LogP contribution in [0.15, 0.2) is 60.7 Å². The fourth-order valence-electron chi connectivity index (χ4n) is 5.34. The van der Waals surface area contributed by atoms with Crippen LogP contribution in [0.25, 0.3) is 0 Å². The third-order valence-electron chi connectivity index (χ3n) is 6.79. The maximum atomic E-state index is 13.7. The smallest absolute Gasteiger partial charge is 0.255 e. The van der Waals surface area contributed by atoms with Gasteiger partial charge in [-0.15, -0.1) is 0 Å². The predicted octanol–water partition coefficient (Wildman–Crippen LogP) is 5.11. The minimum Gasteiger partial charge on any atom is -0.493 e. The van der Waals surface area contributed by atoms with Gasteiger partial charge >= 0.3 is 0 Å². The lowest BCUT2D eigenvalue weighted by Crippen LogP contribution is -2.50. The van der Waals surface area contributed by atoms with Crippen LogP contribution in [0.5, 0.6) is 11.5 Å². The molecule has 1 aliphatic heterocycles. The Morgan fingerprint density at radius 2 is 1.68 bits per heavy atom. The molecule has 0 saturated heterocycles. The van der Waals surface area contributed by atoms with E-state index in [1.807, 2.05) is 31.2 Å². The van der Waals surface area contributed by atoms with Gasteiger partial charge < -0.3 is 14.4 Å². The molecule has 1 heterocycles. The first kappa shape index (κ1) is 19.7. The van der Waals surface area contributed by atoms with Gasteiger partial charge in [0.2, 0.25) is 0 Å². The zero-order valence-corrected chi connectivity index (χ0v) is 18.2. The van der Waals surface area contributed by atoms with Crippen LogP contribution < -0.4 is 9.47 Å². The number of aryl methyl sites for hydroxylation is 2. The van der Waals surface area contributed by atoms with E-state index in [1.54, 1.807) is 14.2 Å². The van der Waals surface area contributed by atoms with E-state index in [2.05, 4.69) is 41.3 Å². The average molecular weight is 414 g/mol. The monoisotopic (exact) mass is 413 g/mol. The Labute approximate surface area is 183 Å². The van der Waals surface area contributed by atoms with Gasteiger partial charge in [-0.25, -0.2) is 0 Å². The van der Waals surface area contributed by atoms with Crippen LogP contribution >= 0.6 is 0 Å². The number of benzene rings is 3. The van der Waals surface area contributed by atoms with Crippen molar-refractivity contribution in [2.45, 2.75) is 38.3 Å². The highest BCUT2D eigenvalue weighted by Gasteiger charge is 2.44. The summed E-state index contributed by atoms with van der Waals surface area (Å²) >= 11 is 0. The topological polar surface area (TPSA) is 38.8 Å². The number of hydrogen-bond donors (Lipinski definition) is 0. The number of amides is 1. The minimum atomic E-state index is 0.118. The number of rotatable bonds is 4. The van der Waals surface area contributed by atoms with E-state index < -0.39 is 0 Å². The number of carbonyl (C=O) groups is 1. The number of hydrogen-bond acceptors (Lipinski definition) is 3. The van der Waals surface area contributed by atoms with E-state index in [9.17, 15) is 4.79 Å². The first-order chi connectivity index (χ1) is 15.1. The summed E-state index contributed by atoms with van der Waals surface area (Å²) in [5.74, 6) is 1.77.